The quantitative estimate of drug-likeness (QED) is 0.632. The van der Waals surface area contributed by atoms with Crippen molar-refractivity contribution in [2.75, 3.05) is 0 Å². The first-order valence-corrected chi connectivity index (χ1v) is 10.4. The number of thiazole rings is 1. The molecule has 3 aromatic rings. The molecule has 3 rings (SSSR count). The largest absolute Gasteiger partial charge is 0.348 e. The number of amides is 2. The van der Waals surface area contributed by atoms with E-state index in [0.29, 0.717) is 11.4 Å². The highest BCUT2D eigenvalue weighted by Crippen LogP contribution is 2.21. The number of carbonyl (C=O) groups excluding carboxylic acids is 2. The Kier molecular flexibility index (Phi) is 6.36. The molecule has 1 atom stereocenters. The van der Waals surface area contributed by atoms with Gasteiger partial charge in [-0.1, -0.05) is 50.2 Å². The molecule has 0 aliphatic heterocycles. The van der Waals surface area contributed by atoms with Gasteiger partial charge in [0.05, 0.1) is 17.1 Å². The van der Waals surface area contributed by atoms with E-state index in [1.54, 1.807) is 6.07 Å². The molecule has 0 saturated heterocycles. The van der Waals surface area contributed by atoms with E-state index in [0.717, 1.165) is 16.3 Å². The highest BCUT2D eigenvalue weighted by atomic mass is 32.1. The number of benzene rings is 1. The van der Waals surface area contributed by atoms with Gasteiger partial charge in [-0.05, 0) is 17.4 Å². The molecule has 0 radical (unpaired) electrons. The Hall–Kier alpha value is -2.51. The van der Waals surface area contributed by atoms with Crippen LogP contribution in [0.3, 0.4) is 0 Å². The SMILES string of the molecule is CC(C)C(NC(=O)c1cccs1)C(=O)NCc1nc(-c2ccccc2)cs1. The van der Waals surface area contributed by atoms with Crippen molar-refractivity contribution in [1.82, 2.24) is 15.6 Å². The maximum Gasteiger partial charge on any atom is 0.262 e. The van der Waals surface area contributed by atoms with E-state index >= 15 is 0 Å². The molecule has 140 valence electrons. The zero-order valence-electron chi connectivity index (χ0n) is 15.1. The average molecular weight is 400 g/mol. The summed E-state index contributed by atoms with van der Waals surface area (Å²) in [5.74, 6) is -0.448. The Labute approximate surface area is 166 Å². The van der Waals surface area contributed by atoms with Crippen molar-refractivity contribution in [2.45, 2.75) is 26.4 Å². The van der Waals surface area contributed by atoms with Crippen molar-refractivity contribution in [3.63, 3.8) is 0 Å². The molecule has 2 heterocycles. The molecular formula is C20H21N3O2S2. The second kappa shape index (κ2) is 8.92. The third-order valence-electron chi connectivity index (χ3n) is 4.02. The highest BCUT2D eigenvalue weighted by molar-refractivity contribution is 7.12. The van der Waals surface area contributed by atoms with Gasteiger partial charge in [0.1, 0.15) is 11.0 Å². The maximum absolute atomic E-state index is 12.6. The minimum atomic E-state index is -0.590. The lowest BCUT2D eigenvalue weighted by Gasteiger charge is -2.21. The van der Waals surface area contributed by atoms with Crippen molar-refractivity contribution in [2.24, 2.45) is 5.92 Å². The molecule has 2 aromatic heterocycles. The second-order valence-electron chi connectivity index (χ2n) is 6.38. The van der Waals surface area contributed by atoms with E-state index in [2.05, 4.69) is 15.6 Å². The molecule has 0 spiro atoms. The number of hydrogen-bond acceptors (Lipinski definition) is 5. The summed E-state index contributed by atoms with van der Waals surface area (Å²) < 4.78 is 0. The summed E-state index contributed by atoms with van der Waals surface area (Å²) in [6, 6.07) is 12.9. The molecule has 7 heteroatoms. The highest BCUT2D eigenvalue weighted by Gasteiger charge is 2.25. The first-order valence-electron chi connectivity index (χ1n) is 8.66. The van der Waals surface area contributed by atoms with Gasteiger partial charge in [0.15, 0.2) is 0 Å². The lowest BCUT2D eigenvalue weighted by atomic mass is 10.0. The predicted octanol–water partition coefficient (Wildman–Crippen LogP) is 3.94. The molecule has 5 nitrogen and oxygen atoms in total. The maximum atomic E-state index is 12.6. The number of rotatable bonds is 7. The van der Waals surface area contributed by atoms with Crippen LogP contribution in [0.2, 0.25) is 0 Å². The van der Waals surface area contributed by atoms with Crippen LogP contribution in [-0.4, -0.2) is 22.8 Å². The third-order valence-corrected chi connectivity index (χ3v) is 5.73. The summed E-state index contributed by atoms with van der Waals surface area (Å²) >= 11 is 2.86. The Balaban J connectivity index is 1.60. The van der Waals surface area contributed by atoms with Crippen molar-refractivity contribution < 1.29 is 9.59 Å². The zero-order chi connectivity index (χ0) is 19.2. The Morgan fingerprint density at radius 3 is 2.52 bits per heavy atom. The van der Waals surface area contributed by atoms with Gasteiger partial charge in [0, 0.05) is 10.9 Å². The molecule has 0 saturated carbocycles. The Morgan fingerprint density at radius 1 is 1.07 bits per heavy atom. The number of hydrogen-bond donors (Lipinski definition) is 2. The molecule has 0 aliphatic rings. The number of thiophene rings is 1. The molecule has 0 aliphatic carbocycles. The second-order valence-corrected chi connectivity index (χ2v) is 8.27. The summed E-state index contributed by atoms with van der Waals surface area (Å²) in [5.41, 5.74) is 1.95. The summed E-state index contributed by atoms with van der Waals surface area (Å²) in [5, 5.41) is 10.4. The van der Waals surface area contributed by atoms with Gasteiger partial charge in [-0.15, -0.1) is 22.7 Å². The third kappa shape index (κ3) is 5.02. The topological polar surface area (TPSA) is 71.1 Å². The summed E-state index contributed by atoms with van der Waals surface area (Å²) in [6.45, 7) is 4.17. The van der Waals surface area contributed by atoms with E-state index in [-0.39, 0.29) is 17.7 Å². The summed E-state index contributed by atoms with van der Waals surface area (Å²) in [6.07, 6.45) is 0. The monoisotopic (exact) mass is 399 g/mol. The van der Waals surface area contributed by atoms with E-state index in [1.165, 1.54) is 22.7 Å². The van der Waals surface area contributed by atoms with Gasteiger partial charge >= 0.3 is 0 Å². The summed E-state index contributed by atoms with van der Waals surface area (Å²) in [4.78, 5) is 30.0. The molecule has 27 heavy (non-hydrogen) atoms. The van der Waals surface area contributed by atoms with Crippen molar-refractivity contribution >= 4 is 34.5 Å². The number of nitrogens with one attached hydrogen (secondary N) is 2. The van der Waals surface area contributed by atoms with Gasteiger partial charge in [0.2, 0.25) is 5.91 Å². The van der Waals surface area contributed by atoms with Gasteiger partial charge < -0.3 is 10.6 Å². The normalized spacial score (nSPS) is 12.0. The number of nitrogens with zero attached hydrogens (tertiary/aromatic N) is 1. The number of aromatic nitrogens is 1. The molecule has 0 bridgehead atoms. The molecule has 1 unspecified atom stereocenters. The smallest absolute Gasteiger partial charge is 0.262 e. The van der Waals surface area contributed by atoms with Gasteiger partial charge in [-0.3, -0.25) is 9.59 Å². The van der Waals surface area contributed by atoms with Crippen LogP contribution in [0.4, 0.5) is 0 Å². The minimum Gasteiger partial charge on any atom is -0.348 e. The van der Waals surface area contributed by atoms with Crippen LogP contribution >= 0.6 is 22.7 Å². The van der Waals surface area contributed by atoms with Gasteiger partial charge in [-0.25, -0.2) is 4.98 Å². The minimum absolute atomic E-state index is 0.0231. The van der Waals surface area contributed by atoms with Crippen LogP contribution in [0.1, 0.15) is 28.5 Å². The lowest BCUT2D eigenvalue weighted by molar-refractivity contribution is -0.124. The van der Waals surface area contributed by atoms with Crippen molar-refractivity contribution in [3.05, 3.63) is 63.1 Å². The predicted molar refractivity (Wildman–Crippen MR) is 110 cm³/mol. The van der Waals surface area contributed by atoms with Crippen molar-refractivity contribution in [3.8, 4) is 11.3 Å². The molecule has 2 amide bonds. The summed E-state index contributed by atoms with van der Waals surface area (Å²) in [7, 11) is 0. The molecular weight excluding hydrogens is 378 g/mol. The Bertz CT molecular complexity index is 889. The number of carbonyl (C=O) groups is 2. The van der Waals surface area contributed by atoms with Crippen LogP contribution in [-0.2, 0) is 11.3 Å². The van der Waals surface area contributed by atoms with Crippen molar-refractivity contribution in [1.29, 1.82) is 0 Å². The molecule has 1 aromatic carbocycles. The first kappa shape index (κ1) is 19.3. The van der Waals surface area contributed by atoms with Crippen LogP contribution < -0.4 is 10.6 Å². The zero-order valence-corrected chi connectivity index (χ0v) is 16.8. The van der Waals surface area contributed by atoms with E-state index in [9.17, 15) is 9.59 Å². The molecule has 2 N–H and O–H groups in total. The molecule has 0 fully saturated rings. The average Bonchev–Trinajstić information content (AvgIpc) is 3.36. The fourth-order valence-electron chi connectivity index (χ4n) is 2.56. The standard InChI is InChI=1S/C20H21N3O2S2/c1-13(2)18(23-19(24)16-9-6-10-26-16)20(25)21-11-17-22-15(12-27-17)14-7-4-3-5-8-14/h3-10,12-13,18H,11H2,1-2H3,(H,21,25)(H,23,24). The van der Waals surface area contributed by atoms with Crippen LogP contribution in [0.5, 0.6) is 0 Å². The van der Waals surface area contributed by atoms with E-state index < -0.39 is 6.04 Å². The Morgan fingerprint density at radius 2 is 1.85 bits per heavy atom. The van der Waals surface area contributed by atoms with Crippen LogP contribution in [0, 0.1) is 5.92 Å². The first-order chi connectivity index (χ1) is 13.0. The fourth-order valence-corrected chi connectivity index (χ4v) is 3.93. The fraction of sp³-hybridized carbons (Fsp3) is 0.250. The lowest BCUT2D eigenvalue weighted by Crippen LogP contribution is -2.49. The van der Waals surface area contributed by atoms with Crippen LogP contribution in [0.25, 0.3) is 11.3 Å². The van der Waals surface area contributed by atoms with Gasteiger partial charge in [0.25, 0.3) is 5.91 Å². The van der Waals surface area contributed by atoms with Crippen LogP contribution in [0.15, 0.2) is 53.2 Å². The van der Waals surface area contributed by atoms with E-state index in [4.69, 9.17) is 0 Å². The van der Waals surface area contributed by atoms with Gasteiger partial charge in [-0.2, -0.15) is 0 Å². The van der Waals surface area contributed by atoms with E-state index in [1.807, 2.05) is 61.0 Å².